The van der Waals surface area contributed by atoms with Crippen molar-refractivity contribution in [2.75, 3.05) is 18.4 Å². The van der Waals surface area contributed by atoms with E-state index < -0.39 is 0 Å². The number of hydrogen-bond acceptors (Lipinski definition) is 5. The molecule has 0 atom stereocenters. The minimum Gasteiger partial charge on any atom is -0.462 e. The molecule has 3 aromatic heterocycles. The van der Waals surface area contributed by atoms with Gasteiger partial charge in [-0.2, -0.15) is 0 Å². The Labute approximate surface area is 177 Å². The van der Waals surface area contributed by atoms with Gasteiger partial charge in [-0.15, -0.1) is 11.3 Å². The number of amides is 2. The average Bonchev–Trinajstić information content (AvgIpc) is 3.49. The molecule has 1 aromatic carbocycles. The molecule has 7 nitrogen and oxygen atoms in total. The first-order chi connectivity index (χ1) is 14.6. The topological polar surface area (TPSA) is 80.4 Å². The van der Waals surface area contributed by atoms with Gasteiger partial charge in [0.25, 0.3) is 5.91 Å². The van der Waals surface area contributed by atoms with Gasteiger partial charge in [0, 0.05) is 35.9 Å². The van der Waals surface area contributed by atoms with Gasteiger partial charge in [-0.3, -0.25) is 9.59 Å². The lowest BCUT2D eigenvalue weighted by Gasteiger charge is -2.19. The number of nitrogens with one attached hydrogen (secondary N) is 1. The van der Waals surface area contributed by atoms with E-state index in [1.165, 1.54) is 11.3 Å². The van der Waals surface area contributed by atoms with E-state index >= 15 is 0 Å². The first kappa shape index (κ1) is 19.9. The first-order valence-corrected chi connectivity index (χ1v) is 10.6. The second-order valence-corrected chi connectivity index (χ2v) is 7.78. The normalized spacial score (nSPS) is 11.0. The molecule has 4 aromatic rings. The molecule has 154 valence electrons. The van der Waals surface area contributed by atoms with Gasteiger partial charge in [-0.05, 0) is 50.2 Å². The zero-order chi connectivity index (χ0) is 21.1. The number of carbonyl (C=O) groups excluding carboxylic acids is 2. The number of carbonyl (C=O) groups is 2. The number of anilines is 1. The van der Waals surface area contributed by atoms with Crippen molar-refractivity contribution in [3.05, 3.63) is 59.9 Å². The van der Waals surface area contributed by atoms with Gasteiger partial charge in [-0.1, -0.05) is 0 Å². The van der Waals surface area contributed by atoms with Crippen molar-refractivity contribution in [1.29, 1.82) is 0 Å². The second-order valence-electron chi connectivity index (χ2n) is 6.74. The van der Waals surface area contributed by atoms with Crippen molar-refractivity contribution >= 4 is 39.7 Å². The predicted molar refractivity (Wildman–Crippen MR) is 118 cm³/mol. The molecular formula is C22H22N4O3S. The molecule has 4 rings (SSSR count). The van der Waals surface area contributed by atoms with E-state index in [1.54, 1.807) is 18.5 Å². The quantitative estimate of drug-likeness (QED) is 0.476. The van der Waals surface area contributed by atoms with E-state index in [1.807, 2.05) is 59.8 Å². The molecule has 0 bridgehead atoms. The Bertz CT molecular complexity index is 1170. The molecule has 3 heterocycles. The highest BCUT2D eigenvalue weighted by atomic mass is 32.1. The number of aromatic nitrogens is 2. The van der Waals surface area contributed by atoms with Gasteiger partial charge >= 0.3 is 0 Å². The summed E-state index contributed by atoms with van der Waals surface area (Å²) >= 11 is 1.28. The van der Waals surface area contributed by atoms with Crippen molar-refractivity contribution < 1.29 is 14.0 Å². The number of benzene rings is 1. The molecule has 0 saturated carbocycles. The van der Waals surface area contributed by atoms with Crippen molar-refractivity contribution in [1.82, 2.24) is 14.5 Å². The lowest BCUT2D eigenvalue weighted by Crippen LogP contribution is -2.33. The Morgan fingerprint density at radius 2 is 2.03 bits per heavy atom. The maximum atomic E-state index is 12.6. The fourth-order valence-corrected chi connectivity index (χ4v) is 4.10. The van der Waals surface area contributed by atoms with Gasteiger partial charge in [0.1, 0.15) is 11.4 Å². The summed E-state index contributed by atoms with van der Waals surface area (Å²) in [5, 5.41) is 4.53. The first-order valence-electron chi connectivity index (χ1n) is 9.76. The van der Waals surface area contributed by atoms with Crippen LogP contribution in [0.5, 0.6) is 0 Å². The van der Waals surface area contributed by atoms with Crippen LogP contribution in [-0.2, 0) is 11.3 Å². The fourth-order valence-electron chi connectivity index (χ4n) is 3.32. The summed E-state index contributed by atoms with van der Waals surface area (Å²) in [7, 11) is 0. The van der Waals surface area contributed by atoms with Crippen molar-refractivity contribution in [3.8, 4) is 10.8 Å². The molecule has 0 aliphatic heterocycles. The van der Waals surface area contributed by atoms with Crippen LogP contribution in [0.3, 0.4) is 0 Å². The molecule has 1 N–H and O–H groups in total. The van der Waals surface area contributed by atoms with Crippen LogP contribution < -0.4 is 5.32 Å². The molecule has 0 radical (unpaired) electrons. The summed E-state index contributed by atoms with van der Waals surface area (Å²) in [4.78, 5) is 31.6. The number of fused-ring (bicyclic) bond motifs is 1. The number of hydrogen-bond donors (Lipinski definition) is 1. The van der Waals surface area contributed by atoms with Crippen molar-refractivity contribution in [3.63, 3.8) is 0 Å². The summed E-state index contributed by atoms with van der Waals surface area (Å²) in [6.45, 7) is 5.65. The Morgan fingerprint density at radius 1 is 1.20 bits per heavy atom. The van der Waals surface area contributed by atoms with Crippen molar-refractivity contribution in [2.24, 2.45) is 0 Å². The molecule has 0 aliphatic carbocycles. The Hall–Kier alpha value is -3.39. The zero-order valence-electron chi connectivity index (χ0n) is 16.8. The number of rotatable bonds is 7. The third-order valence-electron chi connectivity index (χ3n) is 4.91. The lowest BCUT2D eigenvalue weighted by molar-refractivity contribution is -0.131. The summed E-state index contributed by atoms with van der Waals surface area (Å²) in [5.41, 5.74) is 1.64. The maximum Gasteiger partial charge on any atom is 0.267 e. The third-order valence-corrected chi connectivity index (χ3v) is 5.92. The summed E-state index contributed by atoms with van der Waals surface area (Å²) in [6, 6.07) is 11.2. The van der Waals surface area contributed by atoms with Gasteiger partial charge in [0.2, 0.25) is 5.91 Å². The second kappa shape index (κ2) is 8.54. The SMILES string of the molecule is CCN(CC)C(=O)Cn1ccc2cc(NC(=O)c3cnc(-c4ccco4)s3)ccc21. The van der Waals surface area contributed by atoms with Crippen LogP contribution in [0.15, 0.2) is 59.5 Å². The number of likely N-dealkylation sites (N-methyl/N-ethyl adjacent to an activating group) is 1. The fraction of sp³-hybridized carbons (Fsp3) is 0.227. The highest BCUT2D eigenvalue weighted by Crippen LogP contribution is 2.27. The van der Waals surface area contributed by atoms with Crippen LogP contribution in [0.25, 0.3) is 21.7 Å². The maximum absolute atomic E-state index is 12.6. The number of furan rings is 1. The minimum absolute atomic E-state index is 0.0902. The molecule has 0 aliphatic rings. The van der Waals surface area contributed by atoms with E-state index in [0.717, 1.165) is 10.9 Å². The van der Waals surface area contributed by atoms with Crippen LogP contribution >= 0.6 is 11.3 Å². The molecule has 0 saturated heterocycles. The van der Waals surface area contributed by atoms with Gasteiger partial charge in [0.05, 0.1) is 12.5 Å². The van der Waals surface area contributed by atoms with Gasteiger partial charge in [-0.25, -0.2) is 4.98 Å². The van der Waals surface area contributed by atoms with Crippen LogP contribution in [-0.4, -0.2) is 39.4 Å². The highest BCUT2D eigenvalue weighted by molar-refractivity contribution is 7.17. The van der Waals surface area contributed by atoms with Crippen LogP contribution in [0, 0.1) is 0 Å². The van der Waals surface area contributed by atoms with E-state index in [0.29, 0.717) is 41.0 Å². The third kappa shape index (κ3) is 3.99. The highest BCUT2D eigenvalue weighted by Gasteiger charge is 2.15. The molecule has 2 amide bonds. The van der Waals surface area contributed by atoms with E-state index in [4.69, 9.17) is 4.42 Å². The standard InChI is InChI=1S/C22H22N4O3S/c1-3-25(4-2)20(27)14-26-10-9-15-12-16(7-8-17(15)26)24-21(28)19-13-23-22(30-19)18-6-5-11-29-18/h5-13H,3-4,14H2,1-2H3,(H,24,28). The molecule has 30 heavy (non-hydrogen) atoms. The van der Waals surface area contributed by atoms with Gasteiger partial charge in [0.15, 0.2) is 10.8 Å². The predicted octanol–water partition coefficient (Wildman–Crippen LogP) is 4.48. The molecule has 0 spiro atoms. The van der Waals surface area contributed by atoms with Crippen LogP contribution in [0.1, 0.15) is 23.5 Å². The largest absolute Gasteiger partial charge is 0.462 e. The summed E-state index contributed by atoms with van der Waals surface area (Å²) in [5.74, 6) is 0.509. The average molecular weight is 423 g/mol. The number of nitrogens with zero attached hydrogens (tertiary/aromatic N) is 3. The molecule has 0 unspecified atom stereocenters. The summed E-state index contributed by atoms with van der Waals surface area (Å²) in [6.07, 6.45) is 5.02. The van der Waals surface area contributed by atoms with E-state index in [-0.39, 0.29) is 11.8 Å². The van der Waals surface area contributed by atoms with E-state index in [2.05, 4.69) is 10.3 Å². The summed E-state index contributed by atoms with van der Waals surface area (Å²) < 4.78 is 7.26. The van der Waals surface area contributed by atoms with Gasteiger partial charge < -0.3 is 19.2 Å². The van der Waals surface area contributed by atoms with Crippen molar-refractivity contribution in [2.45, 2.75) is 20.4 Å². The zero-order valence-corrected chi connectivity index (χ0v) is 17.6. The minimum atomic E-state index is -0.221. The van der Waals surface area contributed by atoms with Crippen LogP contribution in [0.4, 0.5) is 5.69 Å². The molecule has 8 heteroatoms. The monoisotopic (exact) mass is 422 g/mol. The Balaban J connectivity index is 1.48. The Kier molecular flexibility index (Phi) is 5.67. The molecule has 0 fully saturated rings. The number of thiazole rings is 1. The molecular weight excluding hydrogens is 400 g/mol. The Morgan fingerprint density at radius 3 is 2.77 bits per heavy atom. The lowest BCUT2D eigenvalue weighted by atomic mass is 10.2. The van der Waals surface area contributed by atoms with Crippen LogP contribution in [0.2, 0.25) is 0 Å². The van der Waals surface area contributed by atoms with E-state index in [9.17, 15) is 9.59 Å². The smallest absolute Gasteiger partial charge is 0.267 e.